The molecule has 2 amide bonds. The molecule has 0 aliphatic heterocycles. The number of carbonyl (C=O) groups is 3. The highest BCUT2D eigenvalue weighted by atomic mass is 32.2. The minimum Gasteiger partial charge on any atom is -0.480 e. The summed E-state index contributed by atoms with van der Waals surface area (Å²) in [4.78, 5) is 49.5. The lowest BCUT2D eigenvalue weighted by atomic mass is 10.1. The lowest BCUT2D eigenvalue weighted by Gasteiger charge is -2.19. The fourth-order valence-electron chi connectivity index (χ4n) is 4.38. The number of alkyl carbamates (subject to hydrolysis) is 1. The van der Waals surface area contributed by atoms with Gasteiger partial charge in [-0.25, -0.2) is 32.5 Å². The van der Waals surface area contributed by atoms with Gasteiger partial charge in [0.2, 0.25) is 16.7 Å². The third-order valence-corrected chi connectivity index (χ3v) is 8.89. The first-order valence-electron chi connectivity index (χ1n) is 14.5. The van der Waals surface area contributed by atoms with Gasteiger partial charge in [0.05, 0.1) is 36.6 Å². The summed E-state index contributed by atoms with van der Waals surface area (Å²) >= 11 is 1.25. The number of aromatic nitrogens is 5. The molecule has 18 heteroatoms. The number of rotatable bonds is 11. The van der Waals surface area contributed by atoms with E-state index in [1.54, 1.807) is 43.9 Å². The van der Waals surface area contributed by atoms with E-state index in [1.165, 1.54) is 62.1 Å². The highest BCUT2D eigenvalue weighted by molar-refractivity contribution is 7.92. The molecule has 1 aromatic carbocycles. The summed E-state index contributed by atoms with van der Waals surface area (Å²) in [6, 6.07) is 8.79. The van der Waals surface area contributed by atoms with Gasteiger partial charge in [-0.2, -0.15) is 5.10 Å². The lowest BCUT2D eigenvalue weighted by Crippen LogP contribution is -2.39. The third-order valence-electron chi connectivity index (χ3n) is 6.56. The van der Waals surface area contributed by atoms with Crippen LogP contribution in [0.3, 0.4) is 0 Å². The summed E-state index contributed by atoms with van der Waals surface area (Å²) in [5, 5.41) is 10.3. The highest BCUT2D eigenvalue weighted by Gasteiger charge is 2.22. The summed E-state index contributed by atoms with van der Waals surface area (Å²) in [5.74, 6) is -1.06. The molecule has 5 rings (SSSR count). The summed E-state index contributed by atoms with van der Waals surface area (Å²) in [6.07, 6.45) is 5.68. The molecule has 0 radical (unpaired) electrons. The standard InChI is InChI=1S/C31H32N8O8S2/c1-31(2,3)47-30(42)36-17-25(40)33-13-18-9-20(14-32-12-18)24-16-35-29-39(24)37-27(48-29)21-11-23(26(45-4)34-15-21)38-49(43,44)22-8-6-7-19(10-22)28(41)46-5/h6-12,14-16,38H,13,17H2,1-5H3,(H,33,40)(H,36,42). The number of methoxy groups -OCH3 is 2. The Balaban J connectivity index is 1.33. The third kappa shape index (κ3) is 8.46. The maximum absolute atomic E-state index is 13.3. The normalized spacial score (nSPS) is 11.5. The first kappa shape index (κ1) is 34.7. The first-order valence-corrected chi connectivity index (χ1v) is 16.8. The number of pyridine rings is 2. The molecule has 0 saturated heterocycles. The van der Waals surface area contributed by atoms with E-state index in [1.807, 2.05) is 6.07 Å². The van der Waals surface area contributed by atoms with E-state index in [0.29, 0.717) is 32.4 Å². The number of nitrogens with one attached hydrogen (secondary N) is 3. The predicted octanol–water partition coefficient (Wildman–Crippen LogP) is 3.65. The second-order valence-electron chi connectivity index (χ2n) is 11.4. The van der Waals surface area contributed by atoms with Crippen molar-refractivity contribution in [2.75, 3.05) is 25.5 Å². The molecular weight excluding hydrogens is 677 g/mol. The van der Waals surface area contributed by atoms with E-state index < -0.39 is 33.6 Å². The van der Waals surface area contributed by atoms with Gasteiger partial charge in [-0.1, -0.05) is 17.4 Å². The number of anilines is 1. The minimum atomic E-state index is -4.16. The van der Waals surface area contributed by atoms with Gasteiger partial charge in [0, 0.05) is 36.3 Å². The Kier molecular flexibility index (Phi) is 10.1. The maximum Gasteiger partial charge on any atom is 0.408 e. The SMILES string of the molecule is COC(=O)c1cccc(S(=O)(=O)Nc2cc(-c3nn4c(-c5cncc(CNC(=O)CNC(=O)OC(C)(C)C)c5)cnc4s3)cnc2OC)c1. The number of hydrogen-bond donors (Lipinski definition) is 3. The Morgan fingerprint density at radius 2 is 1.76 bits per heavy atom. The van der Waals surface area contributed by atoms with Crippen LogP contribution in [0.1, 0.15) is 36.7 Å². The number of amides is 2. The van der Waals surface area contributed by atoms with Crippen molar-refractivity contribution < 1.29 is 37.0 Å². The molecule has 0 saturated carbocycles. The number of ether oxygens (including phenoxy) is 3. The maximum atomic E-state index is 13.3. The van der Waals surface area contributed by atoms with Crippen molar-refractivity contribution >= 4 is 50.0 Å². The highest BCUT2D eigenvalue weighted by Crippen LogP contribution is 2.34. The number of hydrogen-bond acceptors (Lipinski definition) is 13. The lowest BCUT2D eigenvalue weighted by molar-refractivity contribution is -0.120. The zero-order valence-electron chi connectivity index (χ0n) is 27.0. The number of fused-ring (bicyclic) bond motifs is 1. The molecule has 256 valence electrons. The fourth-order valence-corrected chi connectivity index (χ4v) is 6.33. The molecule has 0 unspecified atom stereocenters. The molecule has 0 aliphatic rings. The molecule has 0 aliphatic carbocycles. The van der Waals surface area contributed by atoms with Crippen molar-refractivity contribution in [3.05, 3.63) is 72.3 Å². The molecule has 3 N–H and O–H groups in total. The second kappa shape index (κ2) is 14.2. The zero-order valence-corrected chi connectivity index (χ0v) is 28.6. The minimum absolute atomic E-state index is 0.0223. The molecule has 4 heterocycles. The summed E-state index contributed by atoms with van der Waals surface area (Å²) < 4.78 is 45.8. The monoisotopic (exact) mass is 708 g/mol. The number of nitrogens with zero attached hydrogens (tertiary/aromatic N) is 5. The Labute approximate surface area is 284 Å². The Morgan fingerprint density at radius 1 is 0.959 bits per heavy atom. The topological polar surface area (TPSA) is 205 Å². The van der Waals surface area contributed by atoms with E-state index in [-0.39, 0.29) is 35.1 Å². The van der Waals surface area contributed by atoms with E-state index in [0.717, 1.165) is 0 Å². The average Bonchev–Trinajstić information content (AvgIpc) is 3.67. The van der Waals surface area contributed by atoms with Crippen molar-refractivity contribution in [2.45, 2.75) is 37.8 Å². The molecule has 0 bridgehead atoms. The largest absolute Gasteiger partial charge is 0.480 e. The van der Waals surface area contributed by atoms with Crippen LogP contribution in [0.5, 0.6) is 5.88 Å². The van der Waals surface area contributed by atoms with Crippen LogP contribution in [-0.2, 0) is 30.8 Å². The number of sulfonamides is 1. The van der Waals surface area contributed by atoms with Gasteiger partial charge in [0.1, 0.15) is 22.8 Å². The van der Waals surface area contributed by atoms with Gasteiger partial charge >= 0.3 is 12.1 Å². The second-order valence-corrected chi connectivity index (χ2v) is 14.0. The van der Waals surface area contributed by atoms with E-state index >= 15 is 0 Å². The smallest absolute Gasteiger partial charge is 0.408 e. The van der Waals surface area contributed by atoms with E-state index in [4.69, 9.17) is 19.3 Å². The van der Waals surface area contributed by atoms with Gasteiger partial charge in [-0.05, 0) is 56.7 Å². The van der Waals surface area contributed by atoms with Crippen LogP contribution in [0.2, 0.25) is 0 Å². The van der Waals surface area contributed by atoms with Crippen LogP contribution >= 0.6 is 11.3 Å². The van der Waals surface area contributed by atoms with Gasteiger partial charge < -0.3 is 24.8 Å². The number of esters is 1. The quantitative estimate of drug-likeness (QED) is 0.168. The van der Waals surface area contributed by atoms with E-state index in [9.17, 15) is 22.8 Å². The van der Waals surface area contributed by atoms with Gasteiger partial charge in [0.25, 0.3) is 10.0 Å². The van der Waals surface area contributed by atoms with Crippen LogP contribution in [0, 0.1) is 0 Å². The number of carbonyl (C=O) groups excluding carboxylic acids is 3. The Hall–Kier alpha value is -5.62. The molecular formula is C31H32N8O8S2. The first-order chi connectivity index (χ1) is 23.3. The van der Waals surface area contributed by atoms with Crippen LogP contribution in [-0.4, -0.2) is 77.3 Å². The Morgan fingerprint density at radius 3 is 2.49 bits per heavy atom. The summed E-state index contributed by atoms with van der Waals surface area (Å²) in [5.41, 5.74) is 1.93. The molecule has 0 atom stereocenters. The zero-order chi connectivity index (χ0) is 35.3. The summed E-state index contributed by atoms with van der Waals surface area (Å²) in [6.45, 7) is 5.09. The molecule has 0 spiro atoms. The molecule has 0 fully saturated rings. The fraction of sp³-hybridized carbons (Fsp3) is 0.258. The van der Waals surface area contributed by atoms with Crippen molar-refractivity contribution in [2.24, 2.45) is 0 Å². The Bertz CT molecular complexity index is 2140. The number of benzene rings is 1. The molecule has 4 aromatic heterocycles. The van der Waals surface area contributed by atoms with Crippen molar-refractivity contribution in [1.82, 2.24) is 35.2 Å². The van der Waals surface area contributed by atoms with Gasteiger partial charge in [-0.3, -0.25) is 14.5 Å². The number of imidazole rings is 1. The van der Waals surface area contributed by atoms with Crippen LogP contribution in [0.4, 0.5) is 10.5 Å². The van der Waals surface area contributed by atoms with Crippen molar-refractivity contribution in [3.63, 3.8) is 0 Å². The molecule has 5 aromatic rings. The molecule has 49 heavy (non-hydrogen) atoms. The van der Waals surface area contributed by atoms with Gasteiger partial charge in [0.15, 0.2) is 0 Å². The van der Waals surface area contributed by atoms with E-state index in [2.05, 4.69) is 30.3 Å². The van der Waals surface area contributed by atoms with Crippen LogP contribution in [0.15, 0.2) is 66.1 Å². The van der Waals surface area contributed by atoms with Gasteiger partial charge in [-0.15, -0.1) is 0 Å². The van der Waals surface area contributed by atoms with Crippen molar-refractivity contribution in [1.29, 1.82) is 0 Å². The summed E-state index contributed by atoms with van der Waals surface area (Å²) in [7, 11) is -1.60. The molecule has 16 nitrogen and oxygen atoms in total. The van der Waals surface area contributed by atoms with Crippen LogP contribution < -0.4 is 20.1 Å². The van der Waals surface area contributed by atoms with Crippen molar-refractivity contribution in [3.8, 4) is 27.7 Å². The van der Waals surface area contributed by atoms with Crippen LogP contribution in [0.25, 0.3) is 26.8 Å². The average molecular weight is 709 g/mol. The predicted molar refractivity (Wildman–Crippen MR) is 179 cm³/mol.